The van der Waals surface area contributed by atoms with Gasteiger partial charge in [0.25, 0.3) is 0 Å². The normalized spacial score (nSPS) is 17.2. The maximum atomic E-state index is 12.9. The van der Waals surface area contributed by atoms with Crippen LogP contribution in [0.5, 0.6) is 0 Å². The van der Waals surface area contributed by atoms with E-state index < -0.39 is 0 Å². The van der Waals surface area contributed by atoms with E-state index in [9.17, 15) is 9.59 Å². The molecule has 4 nitrogen and oxygen atoms in total. The molecule has 2 N–H and O–H groups in total. The van der Waals surface area contributed by atoms with Crippen LogP contribution >= 0.6 is 0 Å². The SMILES string of the molecule is O=C(Nc1cccc(-c2ccccc2)c1)C1CCC(C(=O)Nc2cccc(-c3ccccc3)c2)CC1. The van der Waals surface area contributed by atoms with Crippen molar-refractivity contribution in [3.05, 3.63) is 109 Å². The molecule has 0 heterocycles. The van der Waals surface area contributed by atoms with Crippen LogP contribution < -0.4 is 10.6 Å². The molecule has 5 rings (SSSR count). The van der Waals surface area contributed by atoms with Crippen LogP contribution in [0.3, 0.4) is 0 Å². The van der Waals surface area contributed by atoms with Gasteiger partial charge in [0.15, 0.2) is 0 Å². The van der Waals surface area contributed by atoms with Gasteiger partial charge in [0.2, 0.25) is 11.8 Å². The number of hydrogen-bond acceptors (Lipinski definition) is 2. The molecular weight excluding hydrogens is 444 g/mol. The zero-order valence-corrected chi connectivity index (χ0v) is 20.2. The molecule has 0 saturated heterocycles. The fourth-order valence-electron chi connectivity index (χ4n) is 4.92. The smallest absolute Gasteiger partial charge is 0.227 e. The Hall–Kier alpha value is -4.18. The van der Waals surface area contributed by atoms with E-state index in [0.717, 1.165) is 33.6 Å². The third-order valence-corrected chi connectivity index (χ3v) is 6.94. The molecule has 4 aromatic carbocycles. The van der Waals surface area contributed by atoms with Crippen LogP contribution in [0, 0.1) is 11.8 Å². The van der Waals surface area contributed by atoms with Crippen LogP contribution in [0.15, 0.2) is 109 Å². The lowest BCUT2D eigenvalue weighted by Gasteiger charge is -2.27. The number of rotatable bonds is 6. The Morgan fingerprint density at radius 3 is 1.22 bits per heavy atom. The first-order chi connectivity index (χ1) is 17.7. The van der Waals surface area contributed by atoms with Gasteiger partial charge in [-0.3, -0.25) is 9.59 Å². The summed E-state index contributed by atoms with van der Waals surface area (Å²) in [4.78, 5) is 25.9. The van der Waals surface area contributed by atoms with Gasteiger partial charge in [-0.05, 0) is 72.2 Å². The quantitative estimate of drug-likeness (QED) is 0.306. The van der Waals surface area contributed by atoms with E-state index in [1.807, 2.05) is 84.9 Å². The average Bonchev–Trinajstić information content (AvgIpc) is 2.94. The molecule has 0 atom stereocenters. The second kappa shape index (κ2) is 11.0. The van der Waals surface area contributed by atoms with Gasteiger partial charge >= 0.3 is 0 Å². The third kappa shape index (κ3) is 5.72. The highest BCUT2D eigenvalue weighted by Gasteiger charge is 2.30. The predicted octanol–water partition coefficient (Wildman–Crippen LogP) is 7.40. The lowest BCUT2D eigenvalue weighted by atomic mass is 9.81. The maximum absolute atomic E-state index is 12.9. The number of amides is 2. The standard InChI is InChI=1S/C32H30N2O2/c35-31(33-29-15-7-13-27(21-29)23-9-3-1-4-10-23)25-17-19-26(20-18-25)32(36)34-30-16-8-14-28(22-30)24-11-5-2-6-12-24/h1-16,21-22,25-26H,17-20H2,(H,33,35)(H,34,36). The molecule has 1 aliphatic carbocycles. The summed E-state index contributed by atoms with van der Waals surface area (Å²) in [6.45, 7) is 0. The first-order valence-electron chi connectivity index (χ1n) is 12.6. The molecule has 36 heavy (non-hydrogen) atoms. The minimum absolute atomic E-state index is 0.0367. The van der Waals surface area contributed by atoms with E-state index in [4.69, 9.17) is 0 Å². The Labute approximate surface area is 212 Å². The van der Waals surface area contributed by atoms with Crippen LogP contribution in [0.2, 0.25) is 0 Å². The molecule has 1 saturated carbocycles. The van der Waals surface area contributed by atoms with Gasteiger partial charge in [0.05, 0.1) is 0 Å². The maximum Gasteiger partial charge on any atom is 0.227 e. The van der Waals surface area contributed by atoms with Crippen LogP contribution in [-0.4, -0.2) is 11.8 Å². The fourth-order valence-corrected chi connectivity index (χ4v) is 4.92. The fraction of sp³-hybridized carbons (Fsp3) is 0.188. The zero-order chi connectivity index (χ0) is 24.7. The lowest BCUT2D eigenvalue weighted by Crippen LogP contribution is -2.32. The number of hydrogen-bond donors (Lipinski definition) is 2. The highest BCUT2D eigenvalue weighted by molar-refractivity contribution is 5.95. The molecule has 0 spiro atoms. The highest BCUT2D eigenvalue weighted by atomic mass is 16.2. The summed E-state index contributed by atoms with van der Waals surface area (Å²) in [5, 5.41) is 6.18. The number of benzene rings is 4. The second-order valence-electron chi connectivity index (χ2n) is 9.42. The van der Waals surface area contributed by atoms with Crippen LogP contribution in [0.1, 0.15) is 25.7 Å². The van der Waals surface area contributed by atoms with E-state index in [-0.39, 0.29) is 23.7 Å². The molecular formula is C32H30N2O2. The molecule has 180 valence electrons. The van der Waals surface area contributed by atoms with Gasteiger partial charge in [-0.1, -0.05) is 84.9 Å². The number of anilines is 2. The van der Waals surface area contributed by atoms with Crippen molar-refractivity contribution in [1.29, 1.82) is 0 Å². The highest BCUT2D eigenvalue weighted by Crippen LogP contribution is 2.32. The van der Waals surface area contributed by atoms with E-state index in [1.54, 1.807) is 0 Å². The van der Waals surface area contributed by atoms with Crippen molar-refractivity contribution in [2.45, 2.75) is 25.7 Å². The van der Waals surface area contributed by atoms with Crippen molar-refractivity contribution in [2.24, 2.45) is 11.8 Å². The van der Waals surface area contributed by atoms with Crippen molar-refractivity contribution in [3.63, 3.8) is 0 Å². The van der Waals surface area contributed by atoms with Crippen LogP contribution in [0.25, 0.3) is 22.3 Å². The van der Waals surface area contributed by atoms with E-state index >= 15 is 0 Å². The molecule has 4 heteroatoms. The predicted molar refractivity (Wildman–Crippen MR) is 146 cm³/mol. The van der Waals surface area contributed by atoms with Gasteiger partial charge in [-0.25, -0.2) is 0 Å². The average molecular weight is 475 g/mol. The minimum Gasteiger partial charge on any atom is -0.326 e. The van der Waals surface area contributed by atoms with Crippen molar-refractivity contribution < 1.29 is 9.59 Å². The molecule has 0 aliphatic heterocycles. The van der Waals surface area contributed by atoms with E-state index in [1.165, 1.54) is 0 Å². The summed E-state index contributed by atoms with van der Waals surface area (Å²) in [6, 6.07) is 36.2. The third-order valence-electron chi connectivity index (χ3n) is 6.94. The number of carbonyl (C=O) groups excluding carboxylic acids is 2. The molecule has 2 amide bonds. The van der Waals surface area contributed by atoms with Crippen molar-refractivity contribution in [3.8, 4) is 22.3 Å². The summed E-state index contributed by atoms with van der Waals surface area (Å²) in [5.74, 6) is -0.0732. The summed E-state index contributed by atoms with van der Waals surface area (Å²) >= 11 is 0. The Bertz CT molecular complexity index is 1220. The van der Waals surface area contributed by atoms with Crippen LogP contribution in [0.4, 0.5) is 11.4 Å². The van der Waals surface area contributed by atoms with Gasteiger partial charge < -0.3 is 10.6 Å². The second-order valence-corrected chi connectivity index (χ2v) is 9.42. The first-order valence-corrected chi connectivity index (χ1v) is 12.6. The lowest BCUT2D eigenvalue weighted by molar-refractivity contribution is -0.125. The topological polar surface area (TPSA) is 58.2 Å². The molecule has 1 fully saturated rings. The Balaban J connectivity index is 1.15. The van der Waals surface area contributed by atoms with Crippen LogP contribution in [-0.2, 0) is 9.59 Å². The molecule has 4 aromatic rings. The summed E-state index contributed by atoms with van der Waals surface area (Å²) in [7, 11) is 0. The number of nitrogens with one attached hydrogen (secondary N) is 2. The van der Waals surface area contributed by atoms with Crippen molar-refractivity contribution in [1.82, 2.24) is 0 Å². The van der Waals surface area contributed by atoms with Gasteiger partial charge in [-0.15, -0.1) is 0 Å². The van der Waals surface area contributed by atoms with Crippen molar-refractivity contribution in [2.75, 3.05) is 10.6 Å². The van der Waals surface area contributed by atoms with Gasteiger partial charge in [0, 0.05) is 23.2 Å². The summed E-state index contributed by atoms with van der Waals surface area (Å²) < 4.78 is 0. The Morgan fingerprint density at radius 1 is 0.472 bits per heavy atom. The minimum atomic E-state index is -0.0733. The molecule has 0 unspecified atom stereocenters. The number of carbonyl (C=O) groups is 2. The molecule has 1 aliphatic rings. The molecule has 0 bridgehead atoms. The van der Waals surface area contributed by atoms with Gasteiger partial charge in [0.1, 0.15) is 0 Å². The molecule has 0 radical (unpaired) electrons. The van der Waals surface area contributed by atoms with E-state index in [2.05, 4.69) is 34.9 Å². The largest absolute Gasteiger partial charge is 0.326 e. The molecule has 0 aromatic heterocycles. The summed E-state index contributed by atoms with van der Waals surface area (Å²) in [6.07, 6.45) is 2.86. The zero-order valence-electron chi connectivity index (χ0n) is 20.2. The van der Waals surface area contributed by atoms with Crippen molar-refractivity contribution >= 4 is 23.2 Å². The van der Waals surface area contributed by atoms with Gasteiger partial charge in [-0.2, -0.15) is 0 Å². The Kier molecular flexibility index (Phi) is 7.23. The monoisotopic (exact) mass is 474 g/mol. The Morgan fingerprint density at radius 2 is 0.833 bits per heavy atom. The summed E-state index contributed by atoms with van der Waals surface area (Å²) in [5.41, 5.74) is 6.00. The first kappa shape index (κ1) is 23.6. The van der Waals surface area contributed by atoms with E-state index in [0.29, 0.717) is 25.7 Å².